The molecule has 0 aliphatic heterocycles. The van der Waals surface area contributed by atoms with Crippen LogP contribution in [0.1, 0.15) is 52.5 Å². The first kappa shape index (κ1) is 20.2. The average Bonchev–Trinajstić information content (AvgIpc) is 2.61. The largest absolute Gasteiger partial charge is 0.353 e. The van der Waals surface area contributed by atoms with Gasteiger partial charge in [-0.2, -0.15) is 0 Å². The number of thioether (sulfide) groups is 1. The molecule has 1 amide bonds. The van der Waals surface area contributed by atoms with Crippen LogP contribution >= 0.6 is 23.4 Å². The maximum absolute atomic E-state index is 12.9. The van der Waals surface area contributed by atoms with Crippen LogP contribution in [0, 0.1) is 5.92 Å². The number of carbonyl (C=O) groups is 1. The summed E-state index contributed by atoms with van der Waals surface area (Å²) in [6.45, 7) is 6.15. The van der Waals surface area contributed by atoms with Gasteiger partial charge in [0.2, 0.25) is 5.91 Å². The van der Waals surface area contributed by atoms with E-state index in [1.165, 1.54) is 11.8 Å². The van der Waals surface area contributed by atoms with Gasteiger partial charge in [0.05, 0.1) is 16.7 Å². The van der Waals surface area contributed by atoms with Gasteiger partial charge >= 0.3 is 0 Å². The first-order chi connectivity index (χ1) is 12.8. The Balaban J connectivity index is 1.76. The number of halogens is 1. The van der Waals surface area contributed by atoms with Gasteiger partial charge in [-0.3, -0.25) is 14.2 Å². The number of aromatic nitrogens is 2. The zero-order valence-corrected chi connectivity index (χ0v) is 17.6. The van der Waals surface area contributed by atoms with Crippen molar-refractivity contribution in [3.63, 3.8) is 0 Å². The fourth-order valence-corrected chi connectivity index (χ4v) is 4.62. The molecule has 1 heterocycles. The highest BCUT2D eigenvalue weighted by atomic mass is 35.5. The Morgan fingerprint density at radius 2 is 2.04 bits per heavy atom. The van der Waals surface area contributed by atoms with Crippen molar-refractivity contribution in [1.29, 1.82) is 0 Å². The summed E-state index contributed by atoms with van der Waals surface area (Å²) >= 11 is 7.36. The maximum atomic E-state index is 12.9. The number of nitrogens with one attached hydrogen (secondary N) is 1. The summed E-state index contributed by atoms with van der Waals surface area (Å²) in [7, 11) is 0. The van der Waals surface area contributed by atoms with Gasteiger partial charge < -0.3 is 5.32 Å². The van der Waals surface area contributed by atoms with Crippen molar-refractivity contribution in [1.82, 2.24) is 14.9 Å². The number of rotatable bonds is 5. The minimum Gasteiger partial charge on any atom is -0.353 e. The third-order valence-corrected chi connectivity index (χ3v) is 6.25. The van der Waals surface area contributed by atoms with E-state index in [2.05, 4.69) is 17.2 Å². The highest BCUT2D eigenvalue weighted by Crippen LogP contribution is 2.25. The van der Waals surface area contributed by atoms with Gasteiger partial charge in [-0.25, -0.2) is 4.98 Å². The molecule has 1 aromatic carbocycles. The molecule has 5 nitrogen and oxygen atoms in total. The molecule has 0 saturated heterocycles. The maximum Gasteiger partial charge on any atom is 0.262 e. The van der Waals surface area contributed by atoms with E-state index in [1.807, 2.05) is 13.8 Å². The number of benzene rings is 1. The third-order valence-electron chi connectivity index (χ3n) is 5.06. The van der Waals surface area contributed by atoms with E-state index in [4.69, 9.17) is 11.6 Å². The Kier molecular flexibility index (Phi) is 6.48. The quantitative estimate of drug-likeness (QED) is 0.588. The van der Waals surface area contributed by atoms with E-state index in [9.17, 15) is 9.59 Å². The molecule has 27 heavy (non-hydrogen) atoms. The molecule has 3 rings (SSSR count). The van der Waals surface area contributed by atoms with Crippen LogP contribution in [0.25, 0.3) is 10.9 Å². The summed E-state index contributed by atoms with van der Waals surface area (Å²) in [6, 6.07) is 5.32. The molecule has 1 fully saturated rings. The second-order valence-corrected chi connectivity index (χ2v) is 9.02. The lowest BCUT2D eigenvalue weighted by molar-refractivity contribution is -0.119. The molecule has 7 heteroatoms. The normalized spacial score (nSPS) is 20.2. The van der Waals surface area contributed by atoms with Gasteiger partial charge in [-0.1, -0.05) is 30.3 Å². The summed E-state index contributed by atoms with van der Waals surface area (Å²) in [6.07, 6.45) is 4.41. The van der Waals surface area contributed by atoms with Crippen molar-refractivity contribution in [2.24, 2.45) is 5.92 Å². The second kappa shape index (κ2) is 8.65. The molecule has 0 spiro atoms. The second-order valence-electron chi connectivity index (χ2n) is 7.64. The molecule has 1 aromatic heterocycles. The van der Waals surface area contributed by atoms with Crippen LogP contribution in [-0.4, -0.2) is 27.3 Å². The molecule has 1 saturated carbocycles. The monoisotopic (exact) mass is 407 g/mol. The molecule has 0 atom stereocenters. The smallest absolute Gasteiger partial charge is 0.262 e. The van der Waals surface area contributed by atoms with Crippen LogP contribution in [0.5, 0.6) is 0 Å². The molecule has 1 N–H and O–H groups in total. The van der Waals surface area contributed by atoms with E-state index in [1.54, 1.807) is 22.8 Å². The minimum absolute atomic E-state index is 0.00435. The van der Waals surface area contributed by atoms with Crippen molar-refractivity contribution >= 4 is 40.2 Å². The van der Waals surface area contributed by atoms with Crippen molar-refractivity contribution in [3.8, 4) is 0 Å². The standard InChI is InChI=1S/C20H26ClN3O2S/c1-12(2)24-19(26)16-9-6-14(21)10-17(16)23-20(24)27-11-18(25)22-15-7-4-13(3)5-8-15/h6,9-10,12-13,15H,4-5,7-8,11H2,1-3H3,(H,22,25). The molecular formula is C20H26ClN3O2S. The lowest BCUT2D eigenvalue weighted by Crippen LogP contribution is -2.38. The first-order valence-corrected chi connectivity index (χ1v) is 10.9. The van der Waals surface area contributed by atoms with Crippen molar-refractivity contribution in [2.75, 3.05) is 5.75 Å². The van der Waals surface area contributed by atoms with Crippen LogP contribution in [-0.2, 0) is 4.79 Å². The van der Waals surface area contributed by atoms with Crippen LogP contribution in [0.15, 0.2) is 28.2 Å². The summed E-state index contributed by atoms with van der Waals surface area (Å²) in [4.78, 5) is 29.9. The zero-order chi connectivity index (χ0) is 19.6. The number of hydrogen-bond acceptors (Lipinski definition) is 4. The Hall–Kier alpha value is -1.53. The topological polar surface area (TPSA) is 64.0 Å². The van der Waals surface area contributed by atoms with E-state index < -0.39 is 0 Å². The van der Waals surface area contributed by atoms with Crippen LogP contribution in [0.3, 0.4) is 0 Å². The molecule has 1 aliphatic rings. The van der Waals surface area contributed by atoms with Gasteiger partial charge in [0.25, 0.3) is 5.56 Å². The predicted molar refractivity (Wildman–Crippen MR) is 112 cm³/mol. The van der Waals surface area contributed by atoms with Gasteiger partial charge in [-0.05, 0) is 63.6 Å². The van der Waals surface area contributed by atoms with Gasteiger partial charge in [0.1, 0.15) is 0 Å². The van der Waals surface area contributed by atoms with Crippen molar-refractivity contribution in [3.05, 3.63) is 33.6 Å². The first-order valence-electron chi connectivity index (χ1n) is 9.49. The SMILES string of the molecule is CC1CCC(NC(=O)CSc2nc3cc(Cl)ccc3c(=O)n2C(C)C)CC1. The molecule has 0 radical (unpaired) electrons. The summed E-state index contributed by atoms with van der Waals surface area (Å²) < 4.78 is 1.65. The summed E-state index contributed by atoms with van der Waals surface area (Å²) in [5.74, 6) is 0.994. The number of carbonyl (C=O) groups excluding carboxylic acids is 1. The number of nitrogens with zero attached hydrogens (tertiary/aromatic N) is 2. The van der Waals surface area contributed by atoms with Gasteiger partial charge in [0, 0.05) is 17.1 Å². The summed E-state index contributed by atoms with van der Waals surface area (Å²) in [5.41, 5.74) is 0.462. The fourth-order valence-electron chi connectivity index (χ4n) is 3.51. The molecule has 1 aliphatic carbocycles. The Morgan fingerprint density at radius 3 is 2.70 bits per heavy atom. The van der Waals surface area contributed by atoms with Crippen LogP contribution in [0.2, 0.25) is 5.02 Å². The van der Waals surface area contributed by atoms with E-state index >= 15 is 0 Å². The van der Waals surface area contributed by atoms with E-state index in [0.29, 0.717) is 21.1 Å². The highest BCUT2D eigenvalue weighted by Gasteiger charge is 2.21. The van der Waals surface area contributed by atoms with Gasteiger partial charge in [0.15, 0.2) is 5.16 Å². The highest BCUT2D eigenvalue weighted by molar-refractivity contribution is 7.99. The Bertz CT molecular complexity index is 889. The van der Waals surface area contributed by atoms with Crippen molar-refractivity contribution < 1.29 is 4.79 Å². The summed E-state index contributed by atoms with van der Waals surface area (Å²) in [5, 5.41) is 4.75. The Labute approximate surface area is 168 Å². The number of fused-ring (bicyclic) bond motifs is 1. The zero-order valence-electron chi connectivity index (χ0n) is 16.0. The van der Waals surface area contributed by atoms with E-state index in [0.717, 1.165) is 31.6 Å². The van der Waals surface area contributed by atoms with Crippen LogP contribution in [0.4, 0.5) is 0 Å². The Morgan fingerprint density at radius 1 is 1.33 bits per heavy atom. The van der Waals surface area contributed by atoms with Gasteiger partial charge in [-0.15, -0.1) is 0 Å². The van der Waals surface area contributed by atoms with Crippen molar-refractivity contribution in [2.45, 2.75) is 63.7 Å². The third kappa shape index (κ3) is 4.85. The molecule has 0 bridgehead atoms. The lowest BCUT2D eigenvalue weighted by atomic mass is 9.87. The fraction of sp³-hybridized carbons (Fsp3) is 0.550. The number of hydrogen-bond donors (Lipinski definition) is 1. The molecule has 2 aromatic rings. The predicted octanol–water partition coefficient (Wildman–Crippen LogP) is 4.42. The average molecular weight is 408 g/mol. The lowest BCUT2D eigenvalue weighted by Gasteiger charge is -2.26. The molecule has 0 unspecified atom stereocenters. The minimum atomic E-state index is -0.101. The molecular weight excluding hydrogens is 382 g/mol. The van der Waals surface area contributed by atoms with E-state index in [-0.39, 0.29) is 29.3 Å². The van der Waals surface area contributed by atoms with Crippen LogP contribution < -0.4 is 10.9 Å². The molecule has 146 valence electrons. The number of amides is 1.